The Balaban J connectivity index is 3.14. The van der Waals surface area contributed by atoms with Gasteiger partial charge in [-0.05, 0) is 0 Å². The van der Waals surface area contributed by atoms with Crippen LogP contribution in [0.1, 0.15) is 12.8 Å². The molecule has 0 aliphatic carbocycles. The van der Waals surface area contributed by atoms with Crippen LogP contribution < -0.4 is 10.8 Å². The molecule has 0 aliphatic rings. The SMILES string of the molecule is COC(=[NH2+])CCSSCCC(=[NH2+])OC. The smallest absolute Gasteiger partial charge is 0.333 e. The molecule has 0 aromatic heterocycles. The summed E-state index contributed by atoms with van der Waals surface area (Å²) in [4.78, 5) is 0. The van der Waals surface area contributed by atoms with Crippen molar-refractivity contribution in [2.45, 2.75) is 12.8 Å². The van der Waals surface area contributed by atoms with E-state index < -0.39 is 0 Å². The van der Waals surface area contributed by atoms with E-state index in [1.807, 2.05) is 0 Å². The van der Waals surface area contributed by atoms with E-state index in [-0.39, 0.29) is 0 Å². The Bertz CT molecular complexity index is 168. The molecule has 0 bridgehead atoms. The zero-order valence-corrected chi connectivity index (χ0v) is 10.2. The molecule has 4 nitrogen and oxygen atoms in total. The van der Waals surface area contributed by atoms with Crippen molar-refractivity contribution >= 4 is 33.4 Å². The largest absolute Gasteiger partial charge is 0.451 e. The van der Waals surface area contributed by atoms with Gasteiger partial charge in [-0.15, -0.1) is 0 Å². The summed E-state index contributed by atoms with van der Waals surface area (Å²) in [6, 6.07) is 0. The van der Waals surface area contributed by atoms with Crippen LogP contribution in [-0.4, -0.2) is 37.5 Å². The highest BCUT2D eigenvalue weighted by Crippen LogP contribution is 2.22. The number of hydrogen-bond donors (Lipinski definition) is 2. The van der Waals surface area contributed by atoms with Crippen LogP contribution in [0.15, 0.2) is 0 Å². The lowest BCUT2D eigenvalue weighted by molar-refractivity contribution is -0.141. The average Bonchev–Trinajstić information content (AvgIpc) is 2.22. The van der Waals surface area contributed by atoms with Crippen molar-refractivity contribution in [2.75, 3.05) is 25.7 Å². The Morgan fingerprint density at radius 1 is 0.929 bits per heavy atom. The van der Waals surface area contributed by atoms with E-state index in [4.69, 9.17) is 20.3 Å². The Labute approximate surface area is 92.5 Å². The lowest BCUT2D eigenvalue weighted by atomic mass is 10.5. The van der Waals surface area contributed by atoms with Gasteiger partial charge in [-0.2, -0.15) is 0 Å². The van der Waals surface area contributed by atoms with Crippen molar-refractivity contribution in [1.82, 2.24) is 0 Å². The molecule has 0 aromatic carbocycles. The van der Waals surface area contributed by atoms with E-state index in [0.29, 0.717) is 11.8 Å². The zero-order valence-electron chi connectivity index (χ0n) is 8.62. The quantitative estimate of drug-likeness (QED) is 0.252. The van der Waals surface area contributed by atoms with E-state index in [1.54, 1.807) is 35.8 Å². The fourth-order valence-electron chi connectivity index (χ4n) is 0.606. The first-order chi connectivity index (χ1) is 6.70. The fourth-order valence-corrected chi connectivity index (χ4v) is 2.62. The van der Waals surface area contributed by atoms with Gasteiger partial charge in [0.25, 0.3) is 0 Å². The first-order valence-corrected chi connectivity index (χ1v) is 6.74. The lowest BCUT2D eigenvalue weighted by Crippen LogP contribution is -2.41. The van der Waals surface area contributed by atoms with Crippen LogP contribution in [0.25, 0.3) is 0 Å². The van der Waals surface area contributed by atoms with Gasteiger partial charge in [-0.25, -0.2) is 10.8 Å². The molecule has 0 radical (unpaired) electrons. The molecule has 0 atom stereocenters. The number of hydrogen-bond acceptors (Lipinski definition) is 4. The summed E-state index contributed by atoms with van der Waals surface area (Å²) in [7, 11) is 6.69. The second-order valence-electron chi connectivity index (χ2n) is 2.48. The highest BCUT2D eigenvalue weighted by Gasteiger charge is 2.03. The monoisotopic (exact) mass is 238 g/mol. The Morgan fingerprint density at radius 2 is 1.29 bits per heavy atom. The first kappa shape index (κ1) is 13.6. The van der Waals surface area contributed by atoms with Gasteiger partial charge < -0.3 is 9.47 Å². The van der Waals surface area contributed by atoms with Crippen LogP contribution in [0.5, 0.6) is 0 Å². The molecule has 0 saturated carbocycles. The lowest BCUT2D eigenvalue weighted by Gasteiger charge is -1.98. The Hall–Kier alpha value is -0.360. The minimum absolute atomic E-state index is 0.584. The van der Waals surface area contributed by atoms with Crippen LogP contribution in [0, 0.1) is 0 Å². The second-order valence-corrected chi connectivity index (χ2v) is 5.19. The normalized spacial score (nSPS) is 9.57. The standard InChI is InChI=1S/C8H16N2O2S2/c1-11-7(9)3-5-13-14-6-4-8(10)12-2/h9-10H,3-6H2,1-2H3/p+2. The Kier molecular flexibility index (Phi) is 8.97. The van der Waals surface area contributed by atoms with Gasteiger partial charge in [0.2, 0.25) is 0 Å². The maximum Gasteiger partial charge on any atom is 0.333 e. The van der Waals surface area contributed by atoms with Crippen molar-refractivity contribution in [3.05, 3.63) is 0 Å². The van der Waals surface area contributed by atoms with Gasteiger partial charge in [0, 0.05) is 11.5 Å². The summed E-state index contributed by atoms with van der Waals surface area (Å²) < 4.78 is 9.68. The van der Waals surface area contributed by atoms with Gasteiger partial charge in [0.05, 0.1) is 27.1 Å². The van der Waals surface area contributed by atoms with Crippen molar-refractivity contribution in [3.8, 4) is 0 Å². The van der Waals surface area contributed by atoms with E-state index >= 15 is 0 Å². The average molecular weight is 238 g/mol. The third-order valence-corrected chi connectivity index (χ3v) is 3.88. The van der Waals surface area contributed by atoms with Gasteiger partial charge in [0.15, 0.2) is 0 Å². The number of ether oxygens (including phenoxy) is 2. The topological polar surface area (TPSA) is 69.6 Å². The molecule has 6 heteroatoms. The van der Waals surface area contributed by atoms with Gasteiger partial charge >= 0.3 is 11.8 Å². The number of methoxy groups -OCH3 is 2. The maximum absolute atomic E-state index is 5.49. The molecule has 4 N–H and O–H groups in total. The molecule has 0 amide bonds. The highest BCUT2D eigenvalue weighted by atomic mass is 33.1. The molecular formula is C8H18N2O2S2+2. The summed E-state index contributed by atoms with van der Waals surface area (Å²) in [5.74, 6) is 3.08. The summed E-state index contributed by atoms with van der Waals surface area (Å²) in [6.07, 6.45) is 1.58. The fraction of sp³-hybridized carbons (Fsp3) is 0.750. The van der Waals surface area contributed by atoms with E-state index in [1.165, 1.54) is 0 Å². The maximum atomic E-state index is 5.49. The minimum atomic E-state index is 0.584. The summed E-state index contributed by atoms with van der Waals surface area (Å²) in [5.41, 5.74) is 0. The van der Waals surface area contributed by atoms with Crippen molar-refractivity contribution < 1.29 is 20.3 Å². The predicted octanol–water partition coefficient (Wildman–Crippen LogP) is -1.24. The van der Waals surface area contributed by atoms with Crippen LogP contribution in [0.2, 0.25) is 0 Å². The molecule has 0 fully saturated rings. The predicted molar refractivity (Wildman–Crippen MR) is 62.0 cm³/mol. The van der Waals surface area contributed by atoms with Gasteiger partial charge in [-0.3, -0.25) is 0 Å². The molecular weight excluding hydrogens is 220 g/mol. The molecule has 0 spiro atoms. The van der Waals surface area contributed by atoms with Crippen molar-refractivity contribution in [1.29, 1.82) is 0 Å². The van der Waals surface area contributed by atoms with Crippen LogP contribution in [-0.2, 0) is 9.47 Å². The molecule has 0 heterocycles. The third kappa shape index (κ3) is 8.25. The number of rotatable bonds is 7. The third-order valence-electron chi connectivity index (χ3n) is 1.47. The van der Waals surface area contributed by atoms with E-state index in [9.17, 15) is 0 Å². The zero-order chi connectivity index (χ0) is 10.8. The molecule has 0 saturated heterocycles. The van der Waals surface area contributed by atoms with E-state index in [2.05, 4.69) is 0 Å². The number of nitrogens with two attached hydrogens (primary N) is 2. The minimum Gasteiger partial charge on any atom is -0.451 e. The molecule has 0 unspecified atom stereocenters. The van der Waals surface area contributed by atoms with Crippen LogP contribution in [0.3, 0.4) is 0 Å². The molecule has 82 valence electrons. The second kappa shape index (κ2) is 9.21. The van der Waals surface area contributed by atoms with Crippen molar-refractivity contribution in [3.63, 3.8) is 0 Å². The summed E-state index contributed by atoms with van der Waals surface area (Å²) >= 11 is 0. The van der Waals surface area contributed by atoms with Crippen LogP contribution in [0.4, 0.5) is 0 Å². The molecule has 0 aromatic rings. The molecule has 0 aliphatic heterocycles. The van der Waals surface area contributed by atoms with Crippen molar-refractivity contribution in [2.24, 2.45) is 0 Å². The summed E-state index contributed by atoms with van der Waals surface area (Å²) in [5, 5.41) is 11.0. The Morgan fingerprint density at radius 3 is 1.57 bits per heavy atom. The first-order valence-electron chi connectivity index (χ1n) is 4.25. The highest BCUT2D eigenvalue weighted by molar-refractivity contribution is 8.76. The van der Waals surface area contributed by atoms with Crippen LogP contribution >= 0.6 is 21.6 Å². The van der Waals surface area contributed by atoms with E-state index in [0.717, 1.165) is 24.3 Å². The summed E-state index contributed by atoms with van der Waals surface area (Å²) in [6.45, 7) is 0. The molecule has 0 rings (SSSR count). The van der Waals surface area contributed by atoms with Gasteiger partial charge in [0.1, 0.15) is 0 Å². The molecule has 14 heavy (non-hydrogen) atoms. The van der Waals surface area contributed by atoms with Gasteiger partial charge in [-0.1, -0.05) is 21.6 Å².